The molecular formula is C32H54O. The van der Waals surface area contributed by atoms with E-state index in [2.05, 4.69) is 68.0 Å². The van der Waals surface area contributed by atoms with Gasteiger partial charge in [-0.1, -0.05) is 72.3 Å². The van der Waals surface area contributed by atoms with Crippen LogP contribution in [-0.2, 0) is 0 Å². The number of fused-ring (bicyclic) bond motifs is 5. The summed E-state index contributed by atoms with van der Waals surface area (Å²) >= 11 is 0. The molecule has 9 atom stereocenters. The van der Waals surface area contributed by atoms with Crippen LogP contribution in [0.3, 0.4) is 0 Å². The maximum absolute atomic E-state index is 10.8. The van der Waals surface area contributed by atoms with Crippen molar-refractivity contribution in [2.45, 2.75) is 126 Å². The standard InChI is InChI=1S/C32H54O/c1-10-23(21(2)3)12-11-22(4)24-15-19-32(9)26-13-14-27-29(5,6)28(33)17-18-30(27,7)25(26)16-20-31(24,32)8/h16,22-24,26-28,33H,2,10-15,17-20H2,1,3-9H3/t22-,23+,24-,26-,27+,28+,30-,31-,32+/m1/s1. The second-order valence-electron chi connectivity index (χ2n) is 14.3. The van der Waals surface area contributed by atoms with E-state index in [-0.39, 0.29) is 16.9 Å². The van der Waals surface area contributed by atoms with E-state index in [0.29, 0.717) is 22.7 Å². The molecule has 0 spiro atoms. The number of aliphatic hydroxyl groups is 1. The molecule has 0 amide bonds. The minimum absolute atomic E-state index is 0.0340. The monoisotopic (exact) mass is 454 g/mol. The molecule has 1 N–H and O–H groups in total. The Hall–Kier alpha value is -0.560. The van der Waals surface area contributed by atoms with Crippen molar-refractivity contribution in [2.75, 3.05) is 0 Å². The first kappa shape index (κ1) is 25.5. The van der Waals surface area contributed by atoms with Crippen molar-refractivity contribution in [3.63, 3.8) is 0 Å². The molecule has 0 unspecified atom stereocenters. The maximum Gasteiger partial charge on any atom is 0.0594 e. The first-order chi connectivity index (χ1) is 15.3. The Balaban J connectivity index is 1.59. The normalized spacial score (nSPS) is 45.9. The summed E-state index contributed by atoms with van der Waals surface area (Å²) in [4.78, 5) is 0. The lowest BCUT2D eigenvalue weighted by Crippen LogP contribution is -2.57. The Morgan fingerprint density at radius 1 is 1.03 bits per heavy atom. The molecule has 0 aromatic carbocycles. The van der Waals surface area contributed by atoms with Gasteiger partial charge in [0, 0.05) is 0 Å². The van der Waals surface area contributed by atoms with Gasteiger partial charge in [0.25, 0.3) is 0 Å². The molecule has 188 valence electrons. The molecule has 4 aliphatic rings. The number of rotatable bonds is 6. The third-order valence-corrected chi connectivity index (χ3v) is 12.7. The molecule has 0 aromatic rings. The largest absolute Gasteiger partial charge is 0.393 e. The van der Waals surface area contributed by atoms with Crippen molar-refractivity contribution in [3.05, 3.63) is 23.8 Å². The summed E-state index contributed by atoms with van der Waals surface area (Å²) in [7, 11) is 0. The average Bonchev–Trinajstić information content (AvgIpc) is 3.03. The lowest BCUT2D eigenvalue weighted by molar-refractivity contribution is -0.118. The van der Waals surface area contributed by atoms with Crippen molar-refractivity contribution >= 4 is 0 Å². The first-order valence-corrected chi connectivity index (χ1v) is 14.4. The first-order valence-electron chi connectivity index (χ1n) is 14.4. The van der Waals surface area contributed by atoms with Crippen LogP contribution in [0.25, 0.3) is 0 Å². The van der Waals surface area contributed by atoms with Gasteiger partial charge in [-0.2, -0.15) is 0 Å². The van der Waals surface area contributed by atoms with Crippen LogP contribution < -0.4 is 0 Å². The highest BCUT2D eigenvalue weighted by atomic mass is 16.3. The van der Waals surface area contributed by atoms with Crippen LogP contribution in [0.5, 0.6) is 0 Å². The summed E-state index contributed by atoms with van der Waals surface area (Å²) in [6.45, 7) is 24.0. The third kappa shape index (κ3) is 3.65. The fourth-order valence-corrected chi connectivity index (χ4v) is 10.1. The highest BCUT2D eigenvalue weighted by Gasteiger charge is 2.65. The molecule has 0 radical (unpaired) electrons. The molecule has 1 nitrogen and oxygen atoms in total. The smallest absolute Gasteiger partial charge is 0.0594 e. The van der Waals surface area contributed by atoms with Gasteiger partial charge in [0.05, 0.1) is 6.10 Å². The molecule has 4 aliphatic carbocycles. The minimum atomic E-state index is -0.139. The van der Waals surface area contributed by atoms with Crippen LogP contribution in [0.1, 0.15) is 120 Å². The van der Waals surface area contributed by atoms with Gasteiger partial charge < -0.3 is 5.11 Å². The molecule has 4 rings (SSSR count). The van der Waals surface area contributed by atoms with Crippen LogP contribution >= 0.6 is 0 Å². The van der Waals surface area contributed by atoms with Gasteiger partial charge in [-0.05, 0) is 122 Å². The van der Waals surface area contributed by atoms with Gasteiger partial charge in [-0.25, -0.2) is 0 Å². The fourth-order valence-electron chi connectivity index (χ4n) is 10.1. The Kier molecular flexibility index (Phi) is 6.60. The summed E-state index contributed by atoms with van der Waals surface area (Å²) in [6.07, 6.45) is 15.4. The SMILES string of the molecule is C=C(C)[C@@H](CC)CC[C@@H](C)[C@H]1CC[C@@]2(C)[C@@H]3CC[C@H]4C(C)(C)[C@@H](O)CC[C@]4(C)C3=CC[C@]12C. The van der Waals surface area contributed by atoms with E-state index in [1.807, 2.05) is 0 Å². The second kappa shape index (κ2) is 8.53. The molecule has 0 bridgehead atoms. The second-order valence-corrected chi connectivity index (χ2v) is 14.3. The van der Waals surface area contributed by atoms with Crippen LogP contribution in [-0.4, -0.2) is 11.2 Å². The predicted molar refractivity (Wildman–Crippen MR) is 142 cm³/mol. The molecule has 0 saturated heterocycles. The minimum Gasteiger partial charge on any atom is -0.393 e. The molecular weight excluding hydrogens is 400 g/mol. The number of hydrogen-bond donors (Lipinski definition) is 1. The Morgan fingerprint density at radius 3 is 2.36 bits per heavy atom. The maximum atomic E-state index is 10.8. The molecule has 0 aliphatic heterocycles. The van der Waals surface area contributed by atoms with E-state index in [9.17, 15) is 5.11 Å². The third-order valence-electron chi connectivity index (χ3n) is 12.7. The van der Waals surface area contributed by atoms with Crippen LogP contribution in [0, 0.1) is 51.2 Å². The quantitative estimate of drug-likeness (QED) is 0.397. The van der Waals surface area contributed by atoms with Gasteiger partial charge in [-0.3, -0.25) is 0 Å². The number of allylic oxidation sites excluding steroid dienone is 3. The highest BCUT2D eigenvalue weighted by molar-refractivity contribution is 5.32. The fraction of sp³-hybridized carbons (Fsp3) is 0.875. The van der Waals surface area contributed by atoms with Crippen molar-refractivity contribution in [1.29, 1.82) is 0 Å². The molecule has 1 heteroatoms. The molecule has 3 saturated carbocycles. The summed E-state index contributed by atoms with van der Waals surface area (Å²) in [5, 5.41) is 10.8. The Labute approximate surface area is 205 Å². The lowest BCUT2D eigenvalue weighted by atomic mass is 9.41. The van der Waals surface area contributed by atoms with Crippen LogP contribution in [0.15, 0.2) is 23.8 Å². The summed E-state index contributed by atoms with van der Waals surface area (Å²) < 4.78 is 0. The number of aliphatic hydroxyl groups excluding tert-OH is 1. The highest BCUT2D eigenvalue weighted by Crippen LogP contribution is 2.73. The molecule has 33 heavy (non-hydrogen) atoms. The van der Waals surface area contributed by atoms with E-state index in [4.69, 9.17) is 0 Å². The topological polar surface area (TPSA) is 20.2 Å². The van der Waals surface area contributed by atoms with E-state index in [1.165, 1.54) is 63.4 Å². The Bertz CT molecular complexity index is 790. The molecule has 3 fully saturated rings. The molecule has 0 heterocycles. The zero-order chi connectivity index (χ0) is 24.4. The zero-order valence-electron chi connectivity index (χ0n) is 23.3. The van der Waals surface area contributed by atoms with E-state index < -0.39 is 0 Å². The lowest BCUT2D eigenvalue weighted by Gasteiger charge is -2.64. The van der Waals surface area contributed by atoms with E-state index in [1.54, 1.807) is 5.57 Å². The van der Waals surface area contributed by atoms with Crippen molar-refractivity contribution in [3.8, 4) is 0 Å². The summed E-state index contributed by atoms with van der Waals surface area (Å²) in [5.41, 5.74) is 4.37. The summed E-state index contributed by atoms with van der Waals surface area (Å²) in [5.74, 6) is 3.72. The zero-order valence-corrected chi connectivity index (χ0v) is 23.3. The average molecular weight is 455 g/mol. The van der Waals surface area contributed by atoms with Gasteiger partial charge in [0.15, 0.2) is 0 Å². The summed E-state index contributed by atoms with van der Waals surface area (Å²) in [6, 6.07) is 0. The van der Waals surface area contributed by atoms with Crippen molar-refractivity contribution < 1.29 is 5.11 Å². The van der Waals surface area contributed by atoms with Crippen molar-refractivity contribution in [2.24, 2.45) is 51.2 Å². The Morgan fingerprint density at radius 2 is 1.73 bits per heavy atom. The van der Waals surface area contributed by atoms with Crippen LogP contribution in [0.2, 0.25) is 0 Å². The van der Waals surface area contributed by atoms with Gasteiger partial charge in [0.1, 0.15) is 0 Å². The van der Waals surface area contributed by atoms with Crippen LogP contribution in [0.4, 0.5) is 0 Å². The van der Waals surface area contributed by atoms with E-state index >= 15 is 0 Å². The van der Waals surface area contributed by atoms with Gasteiger partial charge in [-0.15, -0.1) is 0 Å². The number of hydrogen-bond acceptors (Lipinski definition) is 1. The van der Waals surface area contributed by atoms with E-state index in [0.717, 1.165) is 24.2 Å². The van der Waals surface area contributed by atoms with Gasteiger partial charge in [0.2, 0.25) is 0 Å². The molecule has 0 aromatic heterocycles. The van der Waals surface area contributed by atoms with Gasteiger partial charge >= 0.3 is 0 Å². The van der Waals surface area contributed by atoms with Crippen molar-refractivity contribution in [1.82, 2.24) is 0 Å². The predicted octanol–water partition coefficient (Wildman–Crippen LogP) is 8.97.